The number of aromatic nitrogens is 1. The lowest BCUT2D eigenvalue weighted by Gasteiger charge is -2.17. The zero-order valence-corrected chi connectivity index (χ0v) is 12.0. The molecule has 2 rings (SSSR count). The molecule has 0 spiro atoms. The van der Waals surface area contributed by atoms with Gasteiger partial charge in [-0.25, -0.2) is 0 Å². The molecular weight excluding hydrogens is 250 g/mol. The molecule has 2 aromatic rings. The van der Waals surface area contributed by atoms with Crippen LogP contribution in [0.4, 0.5) is 5.69 Å². The first-order valence-electron chi connectivity index (χ1n) is 6.57. The zero-order chi connectivity index (χ0) is 14.7. The number of nitrogens with one attached hydrogen (secondary N) is 1. The SMILES string of the molecule is Cc1ccccc1C(C)NC(=O)c1cc(N)cnc1C. The summed E-state index contributed by atoms with van der Waals surface area (Å²) in [4.78, 5) is 16.4. The molecule has 20 heavy (non-hydrogen) atoms. The van der Waals surface area contributed by atoms with Gasteiger partial charge in [0.05, 0.1) is 29.2 Å². The van der Waals surface area contributed by atoms with Crippen LogP contribution in [0.2, 0.25) is 0 Å². The minimum absolute atomic E-state index is 0.0652. The molecular formula is C16H19N3O. The third-order valence-corrected chi connectivity index (χ3v) is 3.36. The first-order chi connectivity index (χ1) is 9.49. The Balaban J connectivity index is 2.20. The van der Waals surface area contributed by atoms with Gasteiger partial charge in [0.15, 0.2) is 0 Å². The van der Waals surface area contributed by atoms with Crippen LogP contribution in [0.25, 0.3) is 0 Å². The van der Waals surface area contributed by atoms with Gasteiger partial charge in [0.25, 0.3) is 5.91 Å². The van der Waals surface area contributed by atoms with Crippen molar-refractivity contribution in [3.63, 3.8) is 0 Å². The molecule has 1 aromatic carbocycles. The summed E-state index contributed by atoms with van der Waals surface area (Å²) in [5, 5.41) is 2.99. The van der Waals surface area contributed by atoms with Crippen molar-refractivity contribution >= 4 is 11.6 Å². The highest BCUT2D eigenvalue weighted by Gasteiger charge is 2.15. The third-order valence-electron chi connectivity index (χ3n) is 3.36. The maximum Gasteiger partial charge on any atom is 0.253 e. The Kier molecular flexibility index (Phi) is 4.03. The molecule has 1 unspecified atom stereocenters. The number of hydrogen-bond donors (Lipinski definition) is 2. The number of rotatable bonds is 3. The molecule has 1 aromatic heterocycles. The van der Waals surface area contributed by atoms with Crippen LogP contribution in [-0.2, 0) is 0 Å². The van der Waals surface area contributed by atoms with Gasteiger partial charge in [-0.15, -0.1) is 0 Å². The van der Waals surface area contributed by atoms with Crippen molar-refractivity contribution in [2.75, 3.05) is 5.73 Å². The first kappa shape index (κ1) is 14.1. The van der Waals surface area contributed by atoms with Crippen molar-refractivity contribution in [3.8, 4) is 0 Å². The number of carbonyl (C=O) groups excluding carboxylic acids is 1. The molecule has 1 heterocycles. The van der Waals surface area contributed by atoms with Crippen molar-refractivity contribution in [2.24, 2.45) is 0 Å². The van der Waals surface area contributed by atoms with Crippen LogP contribution in [0.15, 0.2) is 36.5 Å². The maximum absolute atomic E-state index is 12.3. The lowest BCUT2D eigenvalue weighted by molar-refractivity contribution is 0.0939. The monoisotopic (exact) mass is 269 g/mol. The van der Waals surface area contributed by atoms with Gasteiger partial charge in [-0.2, -0.15) is 0 Å². The van der Waals surface area contributed by atoms with Gasteiger partial charge >= 0.3 is 0 Å². The van der Waals surface area contributed by atoms with Gasteiger partial charge in [-0.1, -0.05) is 24.3 Å². The second kappa shape index (κ2) is 5.74. The Morgan fingerprint density at radius 2 is 2.00 bits per heavy atom. The van der Waals surface area contributed by atoms with Gasteiger partial charge in [0.1, 0.15) is 0 Å². The summed E-state index contributed by atoms with van der Waals surface area (Å²) < 4.78 is 0. The van der Waals surface area contributed by atoms with Crippen molar-refractivity contribution < 1.29 is 4.79 Å². The molecule has 0 aliphatic rings. The number of carbonyl (C=O) groups is 1. The summed E-state index contributed by atoms with van der Waals surface area (Å²) in [6.07, 6.45) is 1.55. The van der Waals surface area contributed by atoms with Crippen molar-refractivity contribution in [2.45, 2.75) is 26.8 Å². The van der Waals surface area contributed by atoms with Crippen molar-refractivity contribution in [1.82, 2.24) is 10.3 Å². The van der Waals surface area contributed by atoms with Gasteiger partial charge < -0.3 is 11.1 Å². The quantitative estimate of drug-likeness (QED) is 0.900. The molecule has 4 nitrogen and oxygen atoms in total. The van der Waals surface area contributed by atoms with Gasteiger partial charge in [0.2, 0.25) is 0 Å². The number of nitrogens with zero attached hydrogens (tertiary/aromatic N) is 1. The van der Waals surface area contributed by atoms with E-state index < -0.39 is 0 Å². The molecule has 0 radical (unpaired) electrons. The fraction of sp³-hybridized carbons (Fsp3) is 0.250. The Morgan fingerprint density at radius 1 is 1.30 bits per heavy atom. The molecule has 0 fully saturated rings. The number of benzene rings is 1. The molecule has 4 heteroatoms. The highest BCUT2D eigenvalue weighted by molar-refractivity contribution is 5.96. The largest absolute Gasteiger partial charge is 0.397 e. The third kappa shape index (κ3) is 2.96. The highest BCUT2D eigenvalue weighted by Crippen LogP contribution is 2.18. The number of nitrogens with two attached hydrogens (primary N) is 1. The fourth-order valence-electron chi connectivity index (χ4n) is 2.20. The second-order valence-corrected chi connectivity index (χ2v) is 4.95. The van der Waals surface area contributed by atoms with E-state index in [4.69, 9.17) is 5.73 Å². The summed E-state index contributed by atoms with van der Waals surface area (Å²) in [5.74, 6) is -0.155. The predicted molar refractivity (Wildman–Crippen MR) is 80.4 cm³/mol. The lowest BCUT2D eigenvalue weighted by Crippen LogP contribution is -2.28. The summed E-state index contributed by atoms with van der Waals surface area (Å²) in [6.45, 7) is 5.80. The Morgan fingerprint density at radius 3 is 2.70 bits per heavy atom. The van der Waals surface area contributed by atoms with Crippen LogP contribution < -0.4 is 11.1 Å². The minimum Gasteiger partial charge on any atom is -0.397 e. The summed E-state index contributed by atoms with van der Waals surface area (Å²) in [6, 6.07) is 9.60. The average Bonchev–Trinajstić information content (AvgIpc) is 2.41. The summed E-state index contributed by atoms with van der Waals surface area (Å²) in [5.41, 5.74) is 9.63. The molecule has 0 bridgehead atoms. The van der Waals surface area contributed by atoms with Crippen molar-refractivity contribution in [3.05, 3.63) is 58.9 Å². The second-order valence-electron chi connectivity index (χ2n) is 4.95. The number of pyridine rings is 1. The van der Waals surface area contributed by atoms with E-state index in [1.807, 2.05) is 38.1 Å². The number of aryl methyl sites for hydroxylation is 2. The number of nitrogen functional groups attached to an aromatic ring is 1. The van der Waals surface area contributed by atoms with Crippen LogP contribution in [0.3, 0.4) is 0 Å². The molecule has 0 aliphatic heterocycles. The van der Waals surface area contributed by atoms with E-state index in [9.17, 15) is 4.79 Å². The van der Waals surface area contributed by atoms with E-state index in [0.717, 1.165) is 11.1 Å². The number of anilines is 1. The molecule has 0 saturated carbocycles. The molecule has 1 amide bonds. The maximum atomic E-state index is 12.3. The van der Waals surface area contributed by atoms with E-state index in [1.165, 1.54) is 0 Å². The summed E-state index contributed by atoms with van der Waals surface area (Å²) >= 11 is 0. The standard InChI is InChI=1S/C16H19N3O/c1-10-6-4-5-7-14(10)12(3)19-16(20)15-8-13(17)9-18-11(15)2/h4-9,12H,17H2,1-3H3,(H,19,20). The van der Waals surface area contributed by atoms with Crippen LogP contribution in [0.5, 0.6) is 0 Å². The van der Waals surface area contributed by atoms with Crippen LogP contribution in [-0.4, -0.2) is 10.9 Å². The molecule has 0 saturated heterocycles. The van der Waals surface area contributed by atoms with Crippen molar-refractivity contribution in [1.29, 1.82) is 0 Å². The number of amides is 1. The average molecular weight is 269 g/mol. The predicted octanol–water partition coefficient (Wildman–Crippen LogP) is 2.77. The van der Waals surface area contributed by atoms with Gasteiger partial charge in [-0.05, 0) is 38.0 Å². The summed E-state index contributed by atoms with van der Waals surface area (Å²) in [7, 11) is 0. The van der Waals surface area contributed by atoms with E-state index in [-0.39, 0.29) is 11.9 Å². The normalized spacial score (nSPS) is 11.9. The van der Waals surface area contributed by atoms with Gasteiger partial charge in [0, 0.05) is 0 Å². The van der Waals surface area contributed by atoms with Gasteiger partial charge in [-0.3, -0.25) is 9.78 Å². The van der Waals surface area contributed by atoms with E-state index in [2.05, 4.69) is 10.3 Å². The molecule has 104 valence electrons. The molecule has 1 atom stereocenters. The van der Waals surface area contributed by atoms with Crippen LogP contribution in [0, 0.1) is 13.8 Å². The Hall–Kier alpha value is -2.36. The molecule has 0 aliphatic carbocycles. The van der Waals surface area contributed by atoms with E-state index >= 15 is 0 Å². The fourth-order valence-corrected chi connectivity index (χ4v) is 2.20. The zero-order valence-electron chi connectivity index (χ0n) is 12.0. The minimum atomic E-state index is -0.155. The van der Waals surface area contributed by atoms with Crippen LogP contribution in [0.1, 0.15) is 40.1 Å². The highest BCUT2D eigenvalue weighted by atomic mass is 16.1. The Bertz CT molecular complexity index is 637. The number of hydrogen-bond acceptors (Lipinski definition) is 3. The topological polar surface area (TPSA) is 68.0 Å². The molecule has 3 N–H and O–H groups in total. The van der Waals surface area contributed by atoms with Crippen LogP contribution >= 0.6 is 0 Å². The van der Waals surface area contributed by atoms with E-state index in [1.54, 1.807) is 19.2 Å². The Labute approximate surface area is 119 Å². The lowest BCUT2D eigenvalue weighted by atomic mass is 10.0. The van der Waals surface area contributed by atoms with E-state index in [0.29, 0.717) is 16.9 Å². The first-order valence-corrected chi connectivity index (χ1v) is 6.57. The smallest absolute Gasteiger partial charge is 0.253 e.